The highest BCUT2D eigenvalue weighted by Gasteiger charge is 2.17. The number of carbonyl (C=O) groups is 1. The van der Waals surface area contributed by atoms with Gasteiger partial charge >= 0.3 is 0 Å². The van der Waals surface area contributed by atoms with Crippen molar-refractivity contribution in [3.63, 3.8) is 0 Å². The number of nitrogens with one attached hydrogen (secondary N) is 2. The van der Waals surface area contributed by atoms with E-state index in [1.807, 2.05) is 13.8 Å². The summed E-state index contributed by atoms with van der Waals surface area (Å²) in [5, 5.41) is 6.24. The zero-order chi connectivity index (χ0) is 14.3. The maximum absolute atomic E-state index is 11.8. The highest BCUT2D eigenvalue weighted by Crippen LogP contribution is 2.18. The van der Waals surface area contributed by atoms with Gasteiger partial charge in [0.05, 0.1) is 6.04 Å². The maximum Gasteiger partial charge on any atom is 0.236 e. The Morgan fingerprint density at radius 2 is 1.79 bits per heavy atom. The Morgan fingerprint density at radius 3 is 2.26 bits per heavy atom. The van der Waals surface area contributed by atoms with Crippen molar-refractivity contribution in [3.8, 4) is 0 Å². The normalized spacial score (nSPS) is 13.9. The standard InChI is InChI=1S/C16H26N2O/c1-5-13-8-10-14(11-9-13)15(6-2)18-12(4)16(19)17-7-3/h8-12,15,18H,5-7H2,1-4H3,(H,17,19). The summed E-state index contributed by atoms with van der Waals surface area (Å²) < 4.78 is 0. The summed E-state index contributed by atoms with van der Waals surface area (Å²) in [7, 11) is 0. The molecule has 0 radical (unpaired) electrons. The van der Waals surface area contributed by atoms with Gasteiger partial charge in [-0.15, -0.1) is 0 Å². The summed E-state index contributed by atoms with van der Waals surface area (Å²) in [4.78, 5) is 11.8. The molecule has 2 atom stereocenters. The third-order valence-corrected chi connectivity index (χ3v) is 3.39. The molecule has 19 heavy (non-hydrogen) atoms. The second-order valence-electron chi connectivity index (χ2n) is 4.84. The third kappa shape index (κ3) is 4.67. The molecule has 3 heteroatoms. The first-order valence-electron chi connectivity index (χ1n) is 7.24. The van der Waals surface area contributed by atoms with Crippen LogP contribution in [0.1, 0.15) is 51.3 Å². The van der Waals surface area contributed by atoms with Crippen LogP contribution in [0.4, 0.5) is 0 Å². The average Bonchev–Trinajstić information content (AvgIpc) is 2.45. The predicted octanol–water partition coefficient (Wildman–Crippen LogP) is 2.81. The molecule has 1 aromatic carbocycles. The number of rotatable bonds is 7. The minimum atomic E-state index is -0.171. The fourth-order valence-corrected chi connectivity index (χ4v) is 2.14. The van der Waals surface area contributed by atoms with Crippen molar-refractivity contribution in [2.45, 2.75) is 52.6 Å². The number of likely N-dealkylation sites (N-methyl/N-ethyl adjacent to an activating group) is 1. The summed E-state index contributed by atoms with van der Waals surface area (Å²) in [5.41, 5.74) is 2.59. The molecule has 0 saturated carbocycles. The zero-order valence-corrected chi connectivity index (χ0v) is 12.5. The van der Waals surface area contributed by atoms with Gasteiger partial charge in [-0.2, -0.15) is 0 Å². The number of amides is 1. The summed E-state index contributed by atoms with van der Waals surface area (Å²) in [6, 6.07) is 8.70. The first-order valence-corrected chi connectivity index (χ1v) is 7.24. The molecule has 0 fully saturated rings. The molecule has 0 spiro atoms. The number of hydrogen-bond donors (Lipinski definition) is 2. The molecule has 1 amide bonds. The molecule has 0 aliphatic rings. The monoisotopic (exact) mass is 262 g/mol. The van der Waals surface area contributed by atoms with Crippen molar-refractivity contribution in [2.24, 2.45) is 0 Å². The van der Waals surface area contributed by atoms with Gasteiger partial charge in [0.2, 0.25) is 5.91 Å². The van der Waals surface area contributed by atoms with Crippen LogP contribution in [0.2, 0.25) is 0 Å². The molecule has 0 aliphatic heterocycles. The molecule has 3 nitrogen and oxygen atoms in total. The van der Waals surface area contributed by atoms with Gasteiger partial charge in [-0.05, 0) is 37.8 Å². The largest absolute Gasteiger partial charge is 0.355 e. The molecule has 0 aliphatic carbocycles. The lowest BCUT2D eigenvalue weighted by Crippen LogP contribution is -2.43. The predicted molar refractivity (Wildman–Crippen MR) is 80.1 cm³/mol. The summed E-state index contributed by atoms with van der Waals surface area (Å²) in [6.07, 6.45) is 2.02. The number of aryl methyl sites for hydroxylation is 1. The molecule has 1 aromatic rings. The number of carbonyl (C=O) groups excluding carboxylic acids is 1. The van der Waals surface area contributed by atoms with Crippen molar-refractivity contribution in [3.05, 3.63) is 35.4 Å². The van der Waals surface area contributed by atoms with E-state index in [0.717, 1.165) is 12.8 Å². The molecule has 106 valence electrons. The first kappa shape index (κ1) is 15.7. The maximum atomic E-state index is 11.8. The quantitative estimate of drug-likeness (QED) is 0.793. The van der Waals surface area contributed by atoms with Crippen LogP contribution in [0.25, 0.3) is 0 Å². The fourth-order valence-electron chi connectivity index (χ4n) is 2.14. The van der Waals surface area contributed by atoms with Crippen LogP contribution >= 0.6 is 0 Å². The number of benzene rings is 1. The van der Waals surface area contributed by atoms with Gasteiger partial charge in [-0.1, -0.05) is 38.1 Å². The molecular weight excluding hydrogens is 236 g/mol. The van der Waals surface area contributed by atoms with Gasteiger partial charge in [-0.25, -0.2) is 0 Å². The Labute approximate surface area is 116 Å². The lowest BCUT2D eigenvalue weighted by molar-refractivity contribution is -0.122. The lowest BCUT2D eigenvalue weighted by Gasteiger charge is -2.22. The number of hydrogen-bond acceptors (Lipinski definition) is 2. The van der Waals surface area contributed by atoms with E-state index in [0.29, 0.717) is 6.54 Å². The van der Waals surface area contributed by atoms with Crippen LogP contribution in [0.3, 0.4) is 0 Å². The summed E-state index contributed by atoms with van der Waals surface area (Å²) in [5.74, 6) is 0.0612. The second-order valence-corrected chi connectivity index (χ2v) is 4.84. The van der Waals surface area contributed by atoms with E-state index in [9.17, 15) is 4.79 Å². The van der Waals surface area contributed by atoms with Crippen LogP contribution in [-0.2, 0) is 11.2 Å². The van der Waals surface area contributed by atoms with Crippen molar-refractivity contribution in [1.82, 2.24) is 10.6 Å². The average molecular weight is 262 g/mol. The van der Waals surface area contributed by atoms with Crippen LogP contribution in [0.5, 0.6) is 0 Å². The third-order valence-electron chi connectivity index (χ3n) is 3.39. The van der Waals surface area contributed by atoms with E-state index in [-0.39, 0.29) is 18.0 Å². The molecule has 0 saturated heterocycles. The Bertz CT molecular complexity index is 386. The van der Waals surface area contributed by atoms with Gasteiger partial charge in [0.1, 0.15) is 0 Å². The van der Waals surface area contributed by atoms with Crippen molar-refractivity contribution in [2.75, 3.05) is 6.54 Å². The Hall–Kier alpha value is -1.35. The second kappa shape index (κ2) is 7.95. The van der Waals surface area contributed by atoms with Crippen LogP contribution < -0.4 is 10.6 Å². The van der Waals surface area contributed by atoms with Gasteiger partial charge in [0.25, 0.3) is 0 Å². The molecule has 2 unspecified atom stereocenters. The van der Waals surface area contributed by atoms with Gasteiger partial charge in [-0.3, -0.25) is 10.1 Å². The minimum Gasteiger partial charge on any atom is -0.355 e. The Balaban J connectivity index is 2.68. The van der Waals surface area contributed by atoms with Crippen LogP contribution in [0, 0.1) is 0 Å². The minimum absolute atomic E-state index is 0.0612. The van der Waals surface area contributed by atoms with E-state index in [2.05, 4.69) is 48.7 Å². The highest BCUT2D eigenvalue weighted by atomic mass is 16.2. The van der Waals surface area contributed by atoms with E-state index in [4.69, 9.17) is 0 Å². The van der Waals surface area contributed by atoms with Crippen molar-refractivity contribution >= 4 is 5.91 Å². The van der Waals surface area contributed by atoms with Crippen molar-refractivity contribution < 1.29 is 4.79 Å². The van der Waals surface area contributed by atoms with Crippen LogP contribution in [0.15, 0.2) is 24.3 Å². The Morgan fingerprint density at radius 1 is 1.16 bits per heavy atom. The molecular formula is C16H26N2O. The SMILES string of the molecule is CCNC(=O)C(C)NC(CC)c1ccc(CC)cc1. The fraction of sp³-hybridized carbons (Fsp3) is 0.562. The first-order chi connectivity index (χ1) is 9.12. The van der Waals surface area contributed by atoms with E-state index < -0.39 is 0 Å². The smallest absolute Gasteiger partial charge is 0.236 e. The Kier molecular flexibility index (Phi) is 6.57. The highest BCUT2D eigenvalue weighted by molar-refractivity contribution is 5.81. The van der Waals surface area contributed by atoms with Gasteiger partial charge in [0.15, 0.2) is 0 Å². The van der Waals surface area contributed by atoms with Crippen LogP contribution in [-0.4, -0.2) is 18.5 Å². The van der Waals surface area contributed by atoms with E-state index in [1.165, 1.54) is 11.1 Å². The van der Waals surface area contributed by atoms with Gasteiger partial charge < -0.3 is 5.32 Å². The molecule has 2 N–H and O–H groups in total. The molecule has 0 aromatic heterocycles. The van der Waals surface area contributed by atoms with Crippen molar-refractivity contribution in [1.29, 1.82) is 0 Å². The van der Waals surface area contributed by atoms with E-state index in [1.54, 1.807) is 0 Å². The molecule has 0 bridgehead atoms. The van der Waals surface area contributed by atoms with E-state index >= 15 is 0 Å². The molecule has 1 rings (SSSR count). The summed E-state index contributed by atoms with van der Waals surface area (Å²) in [6.45, 7) is 8.81. The summed E-state index contributed by atoms with van der Waals surface area (Å²) >= 11 is 0. The lowest BCUT2D eigenvalue weighted by atomic mass is 10.0. The zero-order valence-electron chi connectivity index (χ0n) is 12.5. The topological polar surface area (TPSA) is 41.1 Å². The molecule has 0 heterocycles. The van der Waals surface area contributed by atoms with Gasteiger partial charge in [0, 0.05) is 12.6 Å².